The molecule has 0 saturated carbocycles. The van der Waals surface area contributed by atoms with E-state index in [0.29, 0.717) is 23.5 Å². The molecule has 1 aliphatic rings. The number of aromatic nitrogens is 2. The van der Waals surface area contributed by atoms with Crippen LogP contribution in [0.15, 0.2) is 47.4 Å². The fourth-order valence-corrected chi connectivity index (χ4v) is 5.23. The summed E-state index contributed by atoms with van der Waals surface area (Å²) in [5.41, 5.74) is 0.452. The van der Waals surface area contributed by atoms with Crippen molar-refractivity contribution in [2.45, 2.75) is 32.4 Å². The first kappa shape index (κ1) is 33.0. The second-order valence-electron chi connectivity index (χ2n) is 11.3. The fourth-order valence-electron chi connectivity index (χ4n) is 4.52. The molecule has 1 aliphatic heterocycles. The number of rotatable bonds is 11. The number of nitrogens with one attached hydrogen (secondary N) is 2. The zero-order valence-corrected chi connectivity index (χ0v) is 26.2. The van der Waals surface area contributed by atoms with Crippen LogP contribution >= 0.6 is 10.3 Å². The Balaban J connectivity index is 1.66. The maximum absolute atomic E-state index is 14.3. The number of carbonyl (C=O) groups excluding carboxylic acids is 2. The lowest BCUT2D eigenvalue weighted by Crippen LogP contribution is -2.58. The van der Waals surface area contributed by atoms with E-state index in [-0.39, 0.29) is 34.5 Å². The van der Waals surface area contributed by atoms with E-state index in [9.17, 15) is 27.6 Å². The lowest BCUT2D eigenvalue weighted by atomic mass is 9.97. The molecule has 0 atom stereocenters. The number of amides is 2. The lowest BCUT2D eigenvalue weighted by molar-refractivity contribution is -0.113. The van der Waals surface area contributed by atoms with Crippen LogP contribution in [0.25, 0.3) is 11.1 Å². The molecule has 10 nitrogen and oxygen atoms in total. The second kappa shape index (κ2) is 13.0. The number of benzene rings is 1. The molecular weight excluding hydrogens is 599 g/mol. The van der Waals surface area contributed by atoms with Gasteiger partial charge in [-0.15, -0.1) is 10.3 Å². The molecule has 2 amide bonds. The topological polar surface area (TPSA) is 115 Å². The molecule has 238 valence electrons. The molecule has 44 heavy (non-hydrogen) atoms. The summed E-state index contributed by atoms with van der Waals surface area (Å²) < 4.78 is 53.8. The van der Waals surface area contributed by atoms with Crippen LogP contribution in [0.2, 0.25) is 0 Å². The summed E-state index contributed by atoms with van der Waals surface area (Å²) >= 11 is 0. The number of likely N-dealkylation sites (tertiary alicyclic amines) is 1. The van der Waals surface area contributed by atoms with Crippen molar-refractivity contribution in [1.29, 1.82) is 0 Å². The van der Waals surface area contributed by atoms with Gasteiger partial charge in [0, 0.05) is 38.8 Å². The van der Waals surface area contributed by atoms with Gasteiger partial charge in [0.05, 0.1) is 24.8 Å². The van der Waals surface area contributed by atoms with Crippen LogP contribution in [0.5, 0.6) is 5.88 Å². The quantitative estimate of drug-likeness (QED) is 0.321. The van der Waals surface area contributed by atoms with E-state index in [0.717, 1.165) is 17.0 Å². The van der Waals surface area contributed by atoms with Crippen molar-refractivity contribution in [3.8, 4) is 17.0 Å². The van der Waals surface area contributed by atoms with Gasteiger partial charge in [-0.05, 0) is 67.3 Å². The standard InChI is InChI=1S/C30H36F3N5O5S/c1-18(2)43-26-11-20(22-8-7-21(31)12-23(22)29(41)38-15-30(32,33)16-38)10-25(35-26)36-27(39)24-9-19(14-37(3)28(24)40)13-34-17-44(5,6)42-4/h7-12,14,18,34H,13,15-17H2,1-6H3,(H,35,36,39). The maximum atomic E-state index is 14.3. The molecule has 0 bridgehead atoms. The van der Waals surface area contributed by atoms with Crippen molar-refractivity contribution in [1.82, 2.24) is 19.8 Å². The number of anilines is 1. The van der Waals surface area contributed by atoms with Gasteiger partial charge in [0.15, 0.2) is 0 Å². The van der Waals surface area contributed by atoms with Crippen LogP contribution in [-0.4, -0.2) is 76.9 Å². The highest BCUT2D eigenvalue weighted by Crippen LogP contribution is 2.38. The van der Waals surface area contributed by atoms with Crippen molar-refractivity contribution >= 4 is 27.9 Å². The molecule has 0 spiro atoms. The summed E-state index contributed by atoms with van der Waals surface area (Å²) in [6.45, 7) is 2.38. The Morgan fingerprint density at radius 2 is 1.82 bits per heavy atom. The van der Waals surface area contributed by atoms with E-state index in [4.69, 9.17) is 8.92 Å². The molecule has 2 N–H and O–H groups in total. The zero-order valence-electron chi connectivity index (χ0n) is 25.4. The van der Waals surface area contributed by atoms with Crippen molar-refractivity contribution in [3.05, 3.63) is 75.5 Å². The lowest BCUT2D eigenvalue weighted by Gasteiger charge is -2.39. The van der Waals surface area contributed by atoms with Gasteiger partial charge < -0.3 is 29.0 Å². The summed E-state index contributed by atoms with van der Waals surface area (Å²) in [6, 6.07) is 7.89. The fraction of sp³-hybridized carbons (Fsp3) is 0.400. The number of aryl methyl sites for hydroxylation is 1. The summed E-state index contributed by atoms with van der Waals surface area (Å²) in [4.78, 5) is 44.7. The molecular formula is C30H36F3N5O5S. The van der Waals surface area contributed by atoms with Gasteiger partial charge in [-0.1, -0.05) is 6.07 Å². The molecule has 4 rings (SSSR count). The first-order valence-corrected chi connectivity index (χ1v) is 16.3. The normalized spacial score (nSPS) is 14.7. The number of nitrogens with zero attached hydrogens (tertiary/aromatic N) is 3. The number of halogens is 3. The summed E-state index contributed by atoms with van der Waals surface area (Å²) in [5, 5.41) is 5.92. The van der Waals surface area contributed by atoms with Gasteiger partial charge in [0.2, 0.25) is 5.88 Å². The Kier molecular flexibility index (Phi) is 9.76. The number of alkyl halides is 2. The van der Waals surface area contributed by atoms with Crippen molar-refractivity contribution in [2.24, 2.45) is 7.05 Å². The Labute approximate surface area is 255 Å². The van der Waals surface area contributed by atoms with E-state index >= 15 is 0 Å². The Morgan fingerprint density at radius 1 is 1.11 bits per heavy atom. The molecule has 3 aromatic rings. The Morgan fingerprint density at radius 3 is 2.45 bits per heavy atom. The minimum absolute atomic E-state index is 0.00242. The third kappa shape index (κ3) is 7.98. The van der Waals surface area contributed by atoms with Crippen LogP contribution in [0.1, 0.15) is 40.1 Å². The van der Waals surface area contributed by atoms with Crippen LogP contribution < -0.4 is 20.9 Å². The highest BCUT2D eigenvalue weighted by molar-refractivity contribution is 8.28. The highest BCUT2D eigenvalue weighted by atomic mass is 32.3. The van der Waals surface area contributed by atoms with E-state index in [1.807, 2.05) is 12.5 Å². The van der Waals surface area contributed by atoms with Crippen LogP contribution in [0.4, 0.5) is 19.0 Å². The molecule has 1 fully saturated rings. The van der Waals surface area contributed by atoms with E-state index in [2.05, 4.69) is 15.6 Å². The van der Waals surface area contributed by atoms with Gasteiger partial charge >= 0.3 is 0 Å². The molecule has 0 aliphatic carbocycles. The average molecular weight is 636 g/mol. The number of hydrogen-bond donors (Lipinski definition) is 2. The largest absolute Gasteiger partial charge is 0.475 e. The first-order chi connectivity index (χ1) is 20.6. The van der Waals surface area contributed by atoms with Gasteiger partial charge in [0.1, 0.15) is 17.2 Å². The molecule has 2 aromatic heterocycles. The predicted octanol–water partition coefficient (Wildman–Crippen LogP) is 4.39. The monoisotopic (exact) mass is 635 g/mol. The number of carbonyl (C=O) groups is 2. The third-order valence-electron chi connectivity index (χ3n) is 6.77. The minimum Gasteiger partial charge on any atom is -0.475 e. The molecule has 1 aromatic carbocycles. The smallest absolute Gasteiger partial charge is 0.282 e. The van der Waals surface area contributed by atoms with E-state index in [1.54, 1.807) is 34.2 Å². The number of ether oxygens (including phenoxy) is 1. The van der Waals surface area contributed by atoms with Crippen LogP contribution in [0.3, 0.4) is 0 Å². The van der Waals surface area contributed by atoms with Crippen molar-refractivity contribution < 1.29 is 31.7 Å². The average Bonchev–Trinajstić information content (AvgIpc) is 2.92. The third-order valence-corrected chi connectivity index (χ3v) is 8.57. The molecule has 14 heteroatoms. The summed E-state index contributed by atoms with van der Waals surface area (Å²) in [6.07, 6.45) is 5.33. The Bertz CT molecular complexity index is 1620. The van der Waals surface area contributed by atoms with Crippen molar-refractivity contribution in [3.63, 3.8) is 0 Å². The molecule has 3 heterocycles. The predicted molar refractivity (Wildman–Crippen MR) is 164 cm³/mol. The molecule has 1 saturated heterocycles. The minimum atomic E-state index is -3.00. The van der Waals surface area contributed by atoms with Gasteiger partial charge in [-0.2, -0.15) is 4.98 Å². The molecule has 0 radical (unpaired) electrons. The zero-order chi connectivity index (χ0) is 32.4. The number of hydrogen-bond acceptors (Lipinski definition) is 7. The van der Waals surface area contributed by atoms with Crippen LogP contribution in [0, 0.1) is 5.82 Å². The van der Waals surface area contributed by atoms with Crippen LogP contribution in [-0.2, 0) is 17.8 Å². The van der Waals surface area contributed by atoms with E-state index < -0.39 is 52.5 Å². The number of pyridine rings is 2. The SMILES string of the molecule is COS(C)(C)CNCc1cc(C(=O)Nc2cc(-c3ccc(F)cc3C(=O)N3CC(F)(F)C3)cc(OC(C)C)n2)c(=O)n(C)c1. The van der Waals surface area contributed by atoms with Crippen molar-refractivity contribution in [2.75, 3.05) is 43.9 Å². The highest BCUT2D eigenvalue weighted by Gasteiger charge is 2.46. The van der Waals surface area contributed by atoms with Gasteiger partial charge in [0.25, 0.3) is 23.3 Å². The van der Waals surface area contributed by atoms with E-state index in [1.165, 1.54) is 28.8 Å². The summed E-state index contributed by atoms with van der Waals surface area (Å²) in [7, 11) is 1.90. The maximum Gasteiger partial charge on any atom is 0.282 e. The second-order valence-corrected chi connectivity index (χ2v) is 14.8. The van der Waals surface area contributed by atoms with Gasteiger partial charge in [-0.25, -0.2) is 13.2 Å². The van der Waals surface area contributed by atoms with Gasteiger partial charge in [-0.3, -0.25) is 14.4 Å². The summed E-state index contributed by atoms with van der Waals surface area (Å²) in [5.74, 6) is -4.52. The molecule has 0 unspecified atom stereocenters. The first-order valence-electron chi connectivity index (χ1n) is 13.7. The Hall–Kier alpha value is -3.88.